The highest BCUT2D eigenvalue weighted by Gasteiger charge is 2.17. The van der Waals surface area contributed by atoms with Gasteiger partial charge in [-0.25, -0.2) is 19.9 Å². The number of anilines is 1. The Morgan fingerprint density at radius 3 is 2.60 bits per heavy atom. The second-order valence-corrected chi connectivity index (χ2v) is 3.62. The molecule has 0 aliphatic carbocycles. The van der Waals surface area contributed by atoms with Crippen molar-refractivity contribution in [1.29, 1.82) is 0 Å². The summed E-state index contributed by atoms with van der Waals surface area (Å²) >= 11 is 0. The smallest absolute Gasteiger partial charge is 0.183 e. The van der Waals surface area contributed by atoms with Gasteiger partial charge in [-0.15, -0.1) is 0 Å². The van der Waals surface area contributed by atoms with E-state index in [1.807, 2.05) is 0 Å². The normalized spacial score (nSPS) is 16.1. The highest BCUT2D eigenvalue weighted by molar-refractivity contribution is 5.82. The van der Waals surface area contributed by atoms with Gasteiger partial charge >= 0.3 is 0 Å². The molecule has 0 saturated carbocycles. The van der Waals surface area contributed by atoms with Crippen LogP contribution in [0.4, 0.5) is 5.82 Å². The maximum Gasteiger partial charge on any atom is 0.183 e. The fourth-order valence-electron chi connectivity index (χ4n) is 1.94. The summed E-state index contributed by atoms with van der Waals surface area (Å²) in [4.78, 5) is 19.1. The lowest BCUT2D eigenvalue weighted by Gasteiger charge is -2.16. The zero-order valence-electron chi connectivity index (χ0n) is 8.30. The molecule has 5 heteroatoms. The van der Waals surface area contributed by atoms with Gasteiger partial charge in [-0.3, -0.25) is 0 Å². The predicted molar refractivity (Wildman–Crippen MR) is 56.6 cm³/mol. The molecule has 3 rings (SSSR count). The number of fused-ring (bicyclic) bond motifs is 1. The molecule has 1 saturated heterocycles. The van der Waals surface area contributed by atoms with Crippen LogP contribution in [0.3, 0.4) is 0 Å². The molecule has 76 valence electrons. The van der Waals surface area contributed by atoms with Crippen molar-refractivity contribution in [2.75, 3.05) is 18.0 Å². The van der Waals surface area contributed by atoms with E-state index in [1.54, 1.807) is 18.7 Å². The van der Waals surface area contributed by atoms with Crippen molar-refractivity contribution in [3.63, 3.8) is 0 Å². The fraction of sp³-hybridized carbons (Fsp3) is 0.400. The van der Waals surface area contributed by atoms with Gasteiger partial charge in [-0.05, 0) is 12.8 Å². The summed E-state index contributed by atoms with van der Waals surface area (Å²) in [6, 6.07) is 0. The third kappa shape index (κ3) is 1.40. The molecule has 3 heterocycles. The lowest BCUT2D eigenvalue weighted by atomic mass is 10.4. The minimum atomic E-state index is 0.675. The van der Waals surface area contributed by atoms with Crippen LogP contribution in [0.1, 0.15) is 12.8 Å². The van der Waals surface area contributed by atoms with Gasteiger partial charge < -0.3 is 4.90 Å². The Morgan fingerprint density at radius 1 is 0.933 bits per heavy atom. The van der Waals surface area contributed by atoms with Gasteiger partial charge in [-0.1, -0.05) is 0 Å². The zero-order valence-corrected chi connectivity index (χ0v) is 8.30. The molecule has 15 heavy (non-hydrogen) atoms. The molecule has 0 unspecified atom stereocenters. The van der Waals surface area contributed by atoms with E-state index in [4.69, 9.17) is 0 Å². The van der Waals surface area contributed by atoms with Crippen LogP contribution < -0.4 is 4.90 Å². The van der Waals surface area contributed by atoms with Crippen molar-refractivity contribution in [3.05, 3.63) is 18.7 Å². The molecule has 0 bridgehead atoms. The molecule has 5 nitrogen and oxygen atoms in total. The van der Waals surface area contributed by atoms with Crippen molar-refractivity contribution in [2.24, 2.45) is 0 Å². The van der Waals surface area contributed by atoms with E-state index in [0.29, 0.717) is 5.65 Å². The Kier molecular flexibility index (Phi) is 1.94. The van der Waals surface area contributed by atoms with Crippen molar-refractivity contribution >= 4 is 17.0 Å². The van der Waals surface area contributed by atoms with E-state index in [2.05, 4.69) is 24.8 Å². The Bertz CT molecular complexity index is 473. The van der Waals surface area contributed by atoms with Crippen LogP contribution in [0.25, 0.3) is 11.2 Å². The molecule has 1 fully saturated rings. The first-order valence-electron chi connectivity index (χ1n) is 5.12. The third-order valence-corrected chi connectivity index (χ3v) is 2.66. The molecule has 0 spiro atoms. The largest absolute Gasteiger partial charge is 0.355 e. The average molecular weight is 201 g/mol. The number of rotatable bonds is 1. The van der Waals surface area contributed by atoms with E-state index in [9.17, 15) is 0 Å². The molecule has 1 aliphatic heterocycles. The first-order valence-corrected chi connectivity index (χ1v) is 5.12. The van der Waals surface area contributed by atoms with Gasteiger partial charge in [0.15, 0.2) is 17.0 Å². The second-order valence-electron chi connectivity index (χ2n) is 3.62. The van der Waals surface area contributed by atoms with Gasteiger partial charge in [0.25, 0.3) is 0 Å². The monoisotopic (exact) mass is 201 g/mol. The van der Waals surface area contributed by atoms with Crippen LogP contribution in [0.15, 0.2) is 18.7 Å². The fourth-order valence-corrected chi connectivity index (χ4v) is 1.94. The lowest BCUT2D eigenvalue weighted by Crippen LogP contribution is -2.19. The van der Waals surface area contributed by atoms with Crippen LogP contribution in [-0.2, 0) is 0 Å². The molecule has 2 aromatic rings. The van der Waals surface area contributed by atoms with Gasteiger partial charge in [0, 0.05) is 25.5 Å². The van der Waals surface area contributed by atoms with Gasteiger partial charge in [0.2, 0.25) is 0 Å². The molecule has 2 aromatic heterocycles. The van der Waals surface area contributed by atoms with E-state index in [0.717, 1.165) is 24.4 Å². The number of hydrogen-bond donors (Lipinski definition) is 0. The molecule has 0 amide bonds. The second kappa shape index (κ2) is 3.42. The van der Waals surface area contributed by atoms with E-state index < -0.39 is 0 Å². The maximum absolute atomic E-state index is 4.30. The van der Waals surface area contributed by atoms with Gasteiger partial charge in [0.1, 0.15) is 6.33 Å². The SMILES string of the molecule is c1cnc2c(N3CCCC3)ncnc2n1. The minimum Gasteiger partial charge on any atom is -0.355 e. The molecular weight excluding hydrogens is 190 g/mol. The standard InChI is InChI=1S/C10H11N5/c1-2-6-15(5-1)10-8-9(13-7-14-10)12-4-3-11-8/h3-4,7H,1-2,5-6H2. The van der Waals surface area contributed by atoms with Crippen LogP contribution in [0, 0.1) is 0 Å². The average Bonchev–Trinajstić information content (AvgIpc) is 2.82. The Hall–Kier alpha value is -1.78. The Morgan fingerprint density at radius 2 is 1.73 bits per heavy atom. The summed E-state index contributed by atoms with van der Waals surface area (Å²) in [6.07, 6.45) is 7.36. The summed E-state index contributed by atoms with van der Waals surface area (Å²) in [7, 11) is 0. The molecule has 0 N–H and O–H groups in total. The Balaban J connectivity index is 2.16. The molecule has 1 aliphatic rings. The van der Waals surface area contributed by atoms with Gasteiger partial charge in [0.05, 0.1) is 0 Å². The van der Waals surface area contributed by atoms with Crippen molar-refractivity contribution in [2.45, 2.75) is 12.8 Å². The minimum absolute atomic E-state index is 0.675. The van der Waals surface area contributed by atoms with Crippen LogP contribution in [0.5, 0.6) is 0 Å². The van der Waals surface area contributed by atoms with Crippen molar-refractivity contribution in [3.8, 4) is 0 Å². The maximum atomic E-state index is 4.30. The molecule has 0 atom stereocenters. The molecule has 0 radical (unpaired) electrons. The predicted octanol–water partition coefficient (Wildman–Crippen LogP) is 1.02. The third-order valence-electron chi connectivity index (χ3n) is 2.66. The topological polar surface area (TPSA) is 54.8 Å². The quantitative estimate of drug-likeness (QED) is 0.689. The van der Waals surface area contributed by atoms with Gasteiger partial charge in [-0.2, -0.15) is 0 Å². The number of hydrogen-bond acceptors (Lipinski definition) is 5. The summed E-state index contributed by atoms with van der Waals surface area (Å²) < 4.78 is 0. The van der Waals surface area contributed by atoms with E-state index in [-0.39, 0.29) is 0 Å². The van der Waals surface area contributed by atoms with Crippen LogP contribution in [0.2, 0.25) is 0 Å². The zero-order chi connectivity index (χ0) is 10.1. The summed E-state index contributed by atoms with van der Waals surface area (Å²) in [5, 5.41) is 0. The summed E-state index contributed by atoms with van der Waals surface area (Å²) in [5.74, 6) is 0.922. The molecule has 0 aromatic carbocycles. The van der Waals surface area contributed by atoms with Crippen LogP contribution >= 0.6 is 0 Å². The highest BCUT2D eigenvalue weighted by atomic mass is 15.2. The van der Waals surface area contributed by atoms with Crippen LogP contribution in [-0.4, -0.2) is 33.0 Å². The van der Waals surface area contributed by atoms with E-state index in [1.165, 1.54) is 12.8 Å². The molecular formula is C10H11N5. The number of nitrogens with zero attached hydrogens (tertiary/aromatic N) is 5. The first-order chi connectivity index (χ1) is 7.45. The highest BCUT2D eigenvalue weighted by Crippen LogP contribution is 2.22. The van der Waals surface area contributed by atoms with Crippen molar-refractivity contribution in [1.82, 2.24) is 19.9 Å². The van der Waals surface area contributed by atoms with Crippen molar-refractivity contribution < 1.29 is 0 Å². The Labute approximate surface area is 87.2 Å². The first kappa shape index (κ1) is 8.52. The summed E-state index contributed by atoms with van der Waals surface area (Å²) in [5.41, 5.74) is 1.48. The number of aromatic nitrogens is 4. The summed E-state index contributed by atoms with van der Waals surface area (Å²) in [6.45, 7) is 2.12. The van der Waals surface area contributed by atoms with E-state index >= 15 is 0 Å². The lowest BCUT2D eigenvalue weighted by molar-refractivity contribution is 0.932.